The van der Waals surface area contributed by atoms with E-state index in [1.807, 2.05) is 31.2 Å². The molecule has 2 N–H and O–H groups in total. The maximum atomic E-state index is 13.1. The molecule has 0 bridgehead atoms. The minimum Gasteiger partial charge on any atom is -0.496 e. The molecule has 4 aromatic rings. The van der Waals surface area contributed by atoms with Crippen LogP contribution in [0.1, 0.15) is 59.6 Å². The number of aryl methyl sites for hydroxylation is 1. The number of hydrogen-bond acceptors (Lipinski definition) is 5. The summed E-state index contributed by atoms with van der Waals surface area (Å²) < 4.78 is 12.9. The van der Waals surface area contributed by atoms with Crippen molar-refractivity contribution in [3.8, 4) is 17.1 Å². The first kappa shape index (κ1) is 24.6. The molecule has 1 unspecified atom stereocenters. The number of fused-ring (bicyclic) bond motifs is 1. The number of carbonyl (C=O) groups excluding carboxylic acids is 1. The Bertz CT molecular complexity index is 1420. The van der Waals surface area contributed by atoms with E-state index >= 15 is 0 Å². The minimum absolute atomic E-state index is 0.140. The summed E-state index contributed by atoms with van der Waals surface area (Å²) in [5, 5.41) is 12.5. The van der Waals surface area contributed by atoms with Crippen molar-refractivity contribution in [1.29, 1.82) is 0 Å². The van der Waals surface area contributed by atoms with Gasteiger partial charge in [0.25, 0.3) is 5.91 Å². The van der Waals surface area contributed by atoms with Gasteiger partial charge in [0.15, 0.2) is 0 Å². The first-order chi connectivity index (χ1) is 17.9. The number of benzene rings is 2. The summed E-state index contributed by atoms with van der Waals surface area (Å²) in [5.74, 6) is -0.0476. The maximum Gasteiger partial charge on any atom is 0.326 e. The summed E-state index contributed by atoms with van der Waals surface area (Å²) in [6.45, 7) is 1.92. The summed E-state index contributed by atoms with van der Waals surface area (Å²) in [6.07, 6.45) is 9.24. The van der Waals surface area contributed by atoms with Crippen molar-refractivity contribution < 1.29 is 23.8 Å². The normalized spacial score (nSPS) is 15.0. The second-order valence-electron chi connectivity index (χ2n) is 9.69. The van der Waals surface area contributed by atoms with Gasteiger partial charge >= 0.3 is 5.97 Å². The van der Waals surface area contributed by atoms with E-state index in [2.05, 4.69) is 9.88 Å². The Morgan fingerprint density at radius 1 is 1.16 bits per heavy atom. The summed E-state index contributed by atoms with van der Waals surface area (Å²) >= 11 is 0. The highest BCUT2D eigenvalue weighted by Gasteiger charge is 2.25. The first-order valence-electron chi connectivity index (χ1n) is 12.7. The van der Waals surface area contributed by atoms with Crippen molar-refractivity contribution >= 4 is 22.9 Å². The molecular weight excluding hydrogens is 470 g/mol. The molecule has 8 heteroatoms. The zero-order valence-corrected chi connectivity index (χ0v) is 21.1. The molecule has 1 aliphatic rings. The lowest BCUT2D eigenvalue weighted by Crippen LogP contribution is -2.42. The number of furan rings is 1. The van der Waals surface area contributed by atoms with Gasteiger partial charge in [-0.05, 0) is 61.2 Å². The molecule has 5 rings (SSSR count). The lowest BCUT2D eigenvalue weighted by molar-refractivity contribution is -0.139. The maximum absolute atomic E-state index is 13.1. The Morgan fingerprint density at radius 3 is 2.68 bits per heavy atom. The number of nitrogens with zero attached hydrogens (tertiary/aromatic N) is 2. The van der Waals surface area contributed by atoms with Crippen LogP contribution in [-0.2, 0) is 11.2 Å². The highest BCUT2D eigenvalue weighted by Crippen LogP contribution is 2.36. The zero-order chi connectivity index (χ0) is 25.9. The van der Waals surface area contributed by atoms with Crippen LogP contribution in [0.15, 0.2) is 59.4 Å². The SMILES string of the molecule is COc1cc(CC(NC(=O)c2ccc3c(c2)nc(-c2ccoc2)n3C2CCCCC2)C(=O)O)ccc1C. The first-order valence-corrected chi connectivity index (χ1v) is 12.7. The van der Waals surface area contributed by atoms with Crippen molar-refractivity contribution in [3.05, 3.63) is 71.7 Å². The molecule has 1 saturated carbocycles. The molecule has 192 valence electrons. The lowest BCUT2D eigenvalue weighted by Gasteiger charge is -2.25. The summed E-state index contributed by atoms with van der Waals surface area (Å²) in [4.78, 5) is 30.0. The molecule has 0 radical (unpaired) electrons. The summed E-state index contributed by atoms with van der Waals surface area (Å²) in [6, 6.07) is 12.1. The van der Waals surface area contributed by atoms with Gasteiger partial charge in [0.2, 0.25) is 0 Å². The molecule has 8 nitrogen and oxygen atoms in total. The van der Waals surface area contributed by atoms with Crippen molar-refractivity contribution in [2.75, 3.05) is 7.11 Å². The number of amides is 1. The molecule has 0 spiro atoms. The monoisotopic (exact) mass is 501 g/mol. The quantitative estimate of drug-likeness (QED) is 0.328. The fourth-order valence-corrected chi connectivity index (χ4v) is 5.21. The molecule has 37 heavy (non-hydrogen) atoms. The molecule has 2 aromatic carbocycles. The third-order valence-electron chi connectivity index (χ3n) is 7.19. The molecule has 1 aliphatic carbocycles. The van der Waals surface area contributed by atoms with Crippen molar-refractivity contribution in [2.45, 2.75) is 57.5 Å². The van der Waals surface area contributed by atoms with E-state index in [4.69, 9.17) is 14.1 Å². The van der Waals surface area contributed by atoms with Crippen LogP contribution in [0, 0.1) is 6.92 Å². The Kier molecular flexibility index (Phi) is 6.99. The molecule has 2 heterocycles. The van der Waals surface area contributed by atoms with Gasteiger partial charge in [0.1, 0.15) is 23.9 Å². The Hall–Kier alpha value is -4.07. The molecule has 2 aromatic heterocycles. The number of aliphatic carboxylic acids is 1. The number of rotatable bonds is 8. The van der Waals surface area contributed by atoms with Crippen LogP contribution in [0.2, 0.25) is 0 Å². The fourth-order valence-electron chi connectivity index (χ4n) is 5.21. The standard InChI is InChI=1S/C29H31N3O5/c1-18-8-9-19(15-26(18)36-2)14-24(29(34)35)31-28(33)20-10-11-25-23(16-20)30-27(21-12-13-37-17-21)32(25)22-6-4-3-5-7-22/h8-13,15-17,22,24H,3-7,14H2,1-2H3,(H,31,33)(H,34,35). The van der Waals surface area contributed by atoms with Crippen molar-refractivity contribution in [3.63, 3.8) is 0 Å². The largest absolute Gasteiger partial charge is 0.496 e. The van der Waals surface area contributed by atoms with Crippen molar-refractivity contribution in [1.82, 2.24) is 14.9 Å². The van der Waals surface area contributed by atoms with Crippen LogP contribution in [0.25, 0.3) is 22.4 Å². The predicted octanol–water partition coefficient (Wildman–Crippen LogP) is 5.54. The molecule has 0 aliphatic heterocycles. The minimum atomic E-state index is -1.10. The number of hydrogen-bond donors (Lipinski definition) is 2. The molecule has 1 fully saturated rings. The van der Waals surface area contributed by atoms with Gasteiger partial charge < -0.3 is 24.1 Å². The van der Waals surface area contributed by atoms with Gasteiger partial charge in [0, 0.05) is 18.0 Å². The van der Waals surface area contributed by atoms with E-state index in [0.717, 1.165) is 40.9 Å². The smallest absolute Gasteiger partial charge is 0.326 e. The average Bonchev–Trinajstić information content (AvgIpc) is 3.57. The van der Waals surface area contributed by atoms with Crippen LogP contribution in [-0.4, -0.2) is 39.7 Å². The Balaban J connectivity index is 1.42. The number of carboxylic acids is 1. The second kappa shape index (κ2) is 10.5. The molecule has 0 saturated heterocycles. The van der Waals surface area contributed by atoms with E-state index in [1.54, 1.807) is 37.8 Å². The van der Waals surface area contributed by atoms with Crippen LogP contribution in [0.4, 0.5) is 0 Å². The molecule has 1 amide bonds. The van der Waals surface area contributed by atoms with Gasteiger partial charge in [-0.25, -0.2) is 9.78 Å². The average molecular weight is 502 g/mol. The highest BCUT2D eigenvalue weighted by atomic mass is 16.5. The van der Waals surface area contributed by atoms with Gasteiger partial charge in [-0.1, -0.05) is 31.4 Å². The molecular formula is C29H31N3O5. The number of ether oxygens (including phenoxy) is 1. The van der Waals surface area contributed by atoms with Gasteiger partial charge in [-0.3, -0.25) is 4.79 Å². The van der Waals surface area contributed by atoms with E-state index in [9.17, 15) is 14.7 Å². The topological polar surface area (TPSA) is 107 Å². The van der Waals surface area contributed by atoms with Crippen LogP contribution >= 0.6 is 0 Å². The fraction of sp³-hybridized carbons (Fsp3) is 0.345. The lowest BCUT2D eigenvalue weighted by atomic mass is 9.95. The van der Waals surface area contributed by atoms with Gasteiger partial charge in [0.05, 0.1) is 30.0 Å². The van der Waals surface area contributed by atoms with E-state index in [1.165, 1.54) is 19.3 Å². The van der Waals surface area contributed by atoms with Gasteiger partial charge in [-0.2, -0.15) is 0 Å². The summed E-state index contributed by atoms with van der Waals surface area (Å²) in [5.41, 5.74) is 4.64. The number of carbonyl (C=O) groups is 2. The predicted molar refractivity (Wildman–Crippen MR) is 140 cm³/mol. The van der Waals surface area contributed by atoms with Crippen LogP contribution < -0.4 is 10.1 Å². The van der Waals surface area contributed by atoms with Crippen LogP contribution in [0.3, 0.4) is 0 Å². The van der Waals surface area contributed by atoms with Crippen molar-refractivity contribution in [2.24, 2.45) is 0 Å². The van der Waals surface area contributed by atoms with E-state index in [0.29, 0.717) is 22.9 Å². The number of carboxylic acid groups (broad SMARTS) is 1. The summed E-state index contributed by atoms with van der Waals surface area (Å²) in [7, 11) is 1.58. The molecule has 1 atom stereocenters. The van der Waals surface area contributed by atoms with E-state index in [-0.39, 0.29) is 6.42 Å². The number of imidazole rings is 1. The number of methoxy groups -OCH3 is 1. The van der Waals surface area contributed by atoms with Gasteiger partial charge in [-0.15, -0.1) is 0 Å². The third-order valence-corrected chi connectivity index (χ3v) is 7.19. The van der Waals surface area contributed by atoms with Crippen LogP contribution in [0.5, 0.6) is 5.75 Å². The highest BCUT2D eigenvalue weighted by molar-refractivity contribution is 5.99. The Morgan fingerprint density at radius 2 is 1.97 bits per heavy atom. The Labute approximate surface area is 215 Å². The number of nitrogens with one attached hydrogen (secondary N) is 1. The zero-order valence-electron chi connectivity index (χ0n) is 21.1. The number of aromatic nitrogens is 2. The second-order valence-corrected chi connectivity index (χ2v) is 9.69. The third kappa shape index (κ3) is 5.09. The van der Waals surface area contributed by atoms with E-state index < -0.39 is 17.9 Å².